The van der Waals surface area contributed by atoms with E-state index in [1.165, 1.54) is 11.1 Å². The van der Waals surface area contributed by atoms with Crippen LogP contribution >= 0.6 is 0 Å². The lowest BCUT2D eigenvalue weighted by Crippen LogP contribution is -2.06. The van der Waals surface area contributed by atoms with Crippen molar-refractivity contribution in [3.8, 4) is 0 Å². The highest BCUT2D eigenvalue weighted by molar-refractivity contribution is 5.99. The molecule has 0 spiro atoms. The monoisotopic (exact) mass is 162 g/mol. The van der Waals surface area contributed by atoms with Gasteiger partial charge in [-0.25, -0.2) is 0 Å². The predicted octanol–water partition coefficient (Wildman–Crippen LogP) is 2.27. The Bertz CT molecular complexity index is 275. The maximum absolute atomic E-state index is 3.99. The van der Waals surface area contributed by atoms with Crippen LogP contribution in [0, 0.1) is 0 Å². The van der Waals surface area contributed by atoms with E-state index in [-0.39, 0.29) is 0 Å². The lowest BCUT2D eigenvalue weighted by Gasteiger charge is -2.09. The zero-order chi connectivity index (χ0) is 8.97. The molecular formula is C11H16N+. The van der Waals surface area contributed by atoms with Gasteiger partial charge in [0.15, 0.2) is 0 Å². The van der Waals surface area contributed by atoms with Crippen LogP contribution in [0.5, 0.6) is 0 Å². The van der Waals surface area contributed by atoms with E-state index in [9.17, 15) is 0 Å². The van der Waals surface area contributed by atoms with Crippen LogP contribution < -0.4 is 4.67 Å². The Morgan fingerprint density at radius 3 is 3.00 bits per heavy atom. The average molecular weight is 162 g/mol. The molecule has 1 nitrogen and oxygen atoms in total. The van der Waals surface area contributed by atoms with E-state index in [1.54, 1.807) is 0 Å². The molecule has 0 aromatic heterocycles. The molecule has 1 rings (SSSR count). The van der Waals surface area contributed by atoms with Gasteiger partial charge in [-0.1, -0.05) is 19.1 Å². The first-order chi connectivity index (χ1) is 5.79. The summed E-state index contributed by atoms with van der Waals surface area (Å²) in [5.74, 6) is 0. The third-order valence-corrected chi connectivity index (χ3v) is 2.32. The fraction of sp³-hybridized carbons (Fsp3) is 0.455. The fourth-order valence-electron chi connectivity index (χ4n) is 1.55. The molecule has 0 fully saturated rings. The first kappa shape index (κ1) is 9.02. The normalized spacial score (nSPS) is 16.2. The van der Waals surface area contributed by atoms with Gasteiger partial charge in [0, 0.05) is 12.5 Å². The van der Waals surface area contributed by atoms with Gasteiger partial charge in [0.1, 0.15) is 0 Å². The van der Waals surface area contributed by atoms with Crippen LogP contribution in [0.4, 0.5) is 0 Å². The van der Waals surface area contributed by atoms with Crippen LogP contribution in [0.25, 0.3) is 0 Å². The van der Waals surface area contributed by atoms with Crippen molar-refractivity contribution in [2.75, 3.05) is 0 Å². The summed E-state index contributed by atoms with van der Waals surface area (Å²) in [6, 6.07) is 0. The highest BCUT2D eigenvalue weighted by Crippen LogP contribution is 2.21. The van der Waals surface area contributed by atoms with E-state index in [1.807, 2.05) is 6.92 Å². The molecule has 0 aromatic rings. The van der Waals surface area contributed by atoms with Crippen molar-refractivity contribution in [1.82, 2.24) is 4.67 Å². The van der Waals surface area contributed by atoms with Crippen LogP contribution in [0.3, 0.4) is 0 Å². The Labute approximate surface area is 74.2 Å². The van der Waals surface area contributed by atoms with Crippen molar-refractivity contribution in [2.24, 2.45) is 0 Å². The van der Waals surface area contributed by atoms with Gasteiger partial charge in [0.25, 0.3) is 6.72 Å². The highest BCUT2D eigenvalue weighted by Gasteiger charge is 2.15. The number of rotatable bonds is 2. The quantitative estimate of drug-likeness (QED) is 0.437. The largest absolute Gasteiger partial charge is 0.303 e. The molecule has 1 aliphatic carbocycles. The van der Waals surface area contributed by atoms with Gasteiger partial charge in [-0.15, -0.1) is 4.67 Å². The van der Waals surface area contributed by atoms with Gasteiger partial charge in [0.2, 0.25) is 0 Å². The van der Waals surface area contributed by atoms with Gasteiger partial charge < -0.3 is 0 Å². The third-order valence-electron chi connectivity index (χ3n) is 2.32. The molecule has 1 aliphatic rings. The minimum absolute atomic E-state index is 1.09. The van der Waals surface area contributed by atoms with E-state index in [2.05, 4.69) is 30.5 Å². The van der Waals surface area contributed by atoms with Crippen LogP contribution in [-0.4, -0.2) is 12.4 Å². The molecule has 0 aromatic carbocycles. The van der Waals surface area contributed by atoms with Gasteiger partial charge in [-0.05, 0) is 24.8 Å². The summed E-state index contributed by atoms with van der Waals surface area (Å²) in [5, 5.41) is 0. The number of hydrogen-bond donors (Lipinski definition) is 0. The Balaban J connectivity index is 3.04. The van der Waals surface area contributed by atoms with Crippen molar-refractivity contribution in [3.05, 3.63) is 23.3 Å². The molecule has 0 heterocycles. The molecule has 0 atom stereocenters. The maximum Gasteiger partial charge on any atom is 0.303 e. The van der Waals surface area contributed by atoms with Gasteiger partial charge in [-0.2, -0.15) is 0 Å². The third kappa shape index (κ3) is 1.75. The minimum Gasteiger partial charge on any atom is -0.106 e. The molecule has 0 radical (unpaired) electrons. The summed E-state index contributed by atoms with van der Waals surface area (Å²) in [7, 11) is 0. The molecule has 12 heavy (non-hydrogen) atoms. The summed E-state index contributed by atoms with van der Waals surface area (Å²) in [5.41, 5.74) is 3.91. The summed E-state index contributed by atoms with van der Waals surface area (Å²) >= 11 is 0. The molecule has 0 amide bonds. The lowest BCUT2D eigenvalue weighted by atomic mass is 9.93. The molecule has 0 aliphatic heterocycles. The summed E-state index contributed by atoms with van der Waals surface area (Å²) in [6.45, 7) is 7.78. The van der Waals surface area contributed by atoms with Crippen LogP contribution in [0.15, 0.2) is 23.3 Å². The van der Waals surface area contributed by atoms with Crippen LogP contribution in [0.2, 0.25) is 0 Å². The first-order valence-corrected chi connectivity index (χ1v) is 4.48. The molecule has 64 valence electrons. The van der Waals surface area contributed by atoms with Crippen molar-refractivity contribution in [2.45, 2.75) is 33.1 Å². The van der Waals surface area contributed by atoms with E-state index in [0.717, 1.165) is 25.0 Å². The fourth-order valence-corrected chi connectivity index (χ4v) is 1.55. The molecule has 1 heteroatoms. The van der Waals surface area contributed by atoms with Crippen molar-refractivity contribution in [1.29, 1.82) is 0 Å². The molecule has 0 N–H and O–H groups in total. The van der Waals surface area contributed by atoms with Gasteiger partial charge in [0.05, 0.1) is 0 Å². The second-order valence-corrected chi connectivity index (χ2v) is 3.04. The number of hydrogen-bond acceptors (Lipinski definition) is 0. The van der Waals surface area contributed by atoms with Gasteiger partial charge in [-0.3, -0.25) is 0 Å². The first-order valence-electron chi connectivity index (χ1n) is 4.48. The van der Waals surface area contributed by atoms with E-state index < -0.39 is 0 Å². The smallest absolute Gasteiger partial charge is 0.106 e. The Hall–Kier alpha value is -1.07. The maximum atomic E-state index is 3.99. The molecular weight excluding hydrogens is 146 g/mol. The van der Waals surface area contributed by atoms with Crippen molar-refractivity contribution >= 4 is 12.4 Å². The topological polar surface area (TPSA) is 14.1 Å². The second-order valence-electron chi connectivity index (χ2n) is 3.04. The SMILES string of the molecule is C=[N+]=C(C)C1=C(CC)C=CCC1. The highest BCUT2D eigenvalue weighted by atomic mass is 14.5. The second kappa shape index (κ2) is 4.08. The Morgan fingerprint density at radius 2 is 2.42 bits per heavy atom. The molecule has 0 saturated carbocycles. The minimum atomic E-state index is 1.09. The van der Waals surface area contributed by atoms with Crippen LogP contribution in [-0.2, 0) is 0 Å². The molecule has 0 bridgehead atoms. The van der Waals surface area contributed by atoms with Crippen molar-refractivity contribution < 1.29 is 0 Å². The van der Waals surface area contributed by atoms with E-state index in [0.29, 0.717) is 0 Å². The zero-order valence-electron chi connectivity index (χ0n) is 7.93. The summed E-state index contributed by atoms with van der Waals surface area (Å²) in [4.78, 5) is 0. The standard InChI is InChI=1S/C11H16N/c1-4-10-7-5-6-8-11(10)9(2)12-3/h5,7H,3-4,6,8H2,1-2H3/q+1. The zero-order valence-corrected chi connectivity index (χ0v) is 7.93. The molecule has 0 unspecified atom stereocenters. The number of nitrogens with zero attached hydrogens (tertiary/aromatic N) is 1. The number of allylic oxidation sites excluding steroid dienone is 4. The Kier molecular flexibility index (Phi) is 3.07. The molecule has 0 saturated heterocycles. The van der Waals surface area contributed by atoms with E-state index >= 15 is 0 Å². The lowest BCUT2D eigenvalue weighted by molar-refractivity contribution is 0.950. The summed E-state index contributed by atoms with van der Waals surface area (Å²) < 4.78 is 3.99. The average Bonchev–Trinajstić information content (AvgIpc) is 2.16. The predicted molar refractivity (Wildman–Crippen MR) is 55.6 cm³/mol. The van der Waals surface area contributed by atoms with E-state index in [4.69, 9.17) is 0 Å². The van der Waals surface area contributed by atoms with Crippen molar-refractivity contribution in [3.63, 3.8) is 0 Å². The summed E-state index contributed by atoms with van der Waals surface area (Å²) in [6.07, 6.45) is 7.82. The Morgan fingerprint density at radius 1 is 1.67 bits per heavy atom. The van der Waals surface area contributed by atoms with Gasteiger partial charge >= 0.3 is 5.71 Å². The van der Waals surface area contributed by atoms with Crippen LogP contribution in [0.1, 0.15) is 33.1 Å².